The van der Waals surface area contributed by atoms with Crippen LogP contribution in [0.3, 0.4) is 0 Å². The molecule has 2 rings (SSSR count). The van der Waals surface area contributed by atoms with Crippen molar-refractivity contribution in [1.82, 2.24) is 4.90 Å². The average Bonchev–Trinajstić information content (AvgIpc) is 2.97. The van der Waals surface area contributed by atoms with Gasteiger partial charge < -0.3 is 9.84 Å². The SMILES string of the molecule is Cc1ccc(CN(CCCO)CCC2CCOC2)cc1. The molecule has 1 unspecified atom stereocenters. The number of hydrogen-bond donors (Lipinski definition) is 1. The first-order valence-corrected chi connectivity index (χ1v) is 7.74. The van der Waals surface area contributed by atoms with E-state index >= 15 is 0 Å². The lowest BCUT2D eigenvalue weighted by molar-refractivity contribution is 0.173. The molecule has 1 aromatic rings. The lowest BCUT2D eigenvalue weighted by atomic mass is 10.0. The summed E-state index contributed by atoms with van der Waals surface area (Å²) >= 11 is 0. The zero-order chi connectivity index (χ0) is 14.2. The smallest absolute Gasteiger partial charge is 0.0495 e. The van der Waals surface area contributed by atoms with Gasteiger partial charge in [-0.05, 0) is 44.2 Å². The van der Waals surface area contributed by atoms with Crippen molar-refractivity contribution < 1.29 is 9.84 Å². The molecule has 0 amide bonds. The number of aryl methyl sites for hydroxylation is 1. The lowest BCUT2D eigenvalue weighted by Crippen LogP contribution is -2.27. The molecule has 1 fully saturated rings. The number of ether oxygens (including phenoxy) is 1. The second-order valence-electron chi connectivity index (χ2n) is 5.86. The summed E-state index contributed by atoms with van der Waals surface area (Å²) in [4.78, 5) is 2.46. The summed E-state index contributed by atoms with van der Waals surface area (Å²) in [6.07, 6.45) is 3.27. The third-order valence-electron chi connectivity index (χ3n) is 4.04. The zero-order valence-electron chi connectivity index (χ0n) is 12.6. The monoisotopic (exact) mass is 277 g/mol. The second-order valence-corrected chi connectivity index (χ2v) is 5.86. The lowest BCUT2D eigenvalue weighted by Gasteiger charge is -2.23. The minimum atomic E-state index is 0.275. The maximum absolute atomic E-state index is 9.05. The molecule has 1 saturated heterocycles. The van der Waals surface area contributed by atoms with E-state index in [4.69, 9.17) is 9.84 Å². The molecule has 0 spiro atoms. The summed E-state index contributed by atoms with van der Waals surface area (Å²) in [7, 11) is 0. The van der Waals surface area contributed by atoms with Crippen LogP contribution in [0.25, 0.3) is 0 Å². The maximum Gasteiger partial charge on any atom is 0.0495 e. The van der Waals surface area contributed by atoms with Gasteiger partial charge in [-0.2, -0.15) is 0 Å². The fraction of sp³-hybridized carbons (Fsp3) is 0.647. The van der Waals surface area contributed by atoms with Gasteiger partial charge in [0.2, 0.25) is 0 Å². The summed E-state index contributed by atoms with van der Waals surface area (Å²) in [5, 5.41) is 9.05. The fourth-order valence-electron chi connectivity index (χ4n) is 2.69. The molecule has 1 heterocycles. The third kappa shape index (κ3) is 5.23. The van der Waals surface area contributed by atoms with Gasteiger partial charge in [0.1, 0.15) is 0 Å². The zero-order valence-corrected chi connectivity index (χ0v) is 12.6. The molecule has 0 saturated carbocycles. The van der Waals surface area contributed by atoms with Crippen LogP contribution < -0.4 is 0 Å². The molecule has 1 N–H and O–H groups in total. The summed E-state index contributed by atoms with van der Waals surface area (Å²) < 4.78 is 5.44. The molecule has 112 valence electrons. The number of rotatable bonds is 8. The Labute approximate surface area is 122 Å². The van der Waals surface area contributed by atoms with Crippen LogP contribution in [0.4, 0.5) is 0 Å². The summed E-state index contributed by atoms with van der Waals surface area (Å²) in [6.45, 7) is 7.30. The first-order chi connectivity index (χ1) is 9.78. The van der Waals surface area contributed by atoms with Crippen LogP contribution in [0.15, 0.2) is 24.3 Å². The van der Waals surface area contributed by atoms with Crippen molar-refractivity contribution in [3.63, 3.8) is 0 Å². The standard InChI is InChI=1S/C17H27NO2/c1-15-3-5-16(6-4-15)13-18(9-2-11-19)10-7-17-8-12-20-14-17/h3-6,17,19H,2,7-14H2,1H3. The molecule has 20 heavy (non-hydrogen) atoms. The first-order valence-electron chi connectivity index (χ1n) is 7.74. The van der Waals surface area contributed by atoms with Crippen molar-refractivity contribution in [1.29, 1.82) is 0 Å². The largest absolute Gasteiger partial charge is 0.396 e. The summed E-state index contributed by atoms with van der Waals surface area (Å²) in [5.74, 6) is 0.727. The van der Waals surface area contributed by atoms with Gasteiger partial charge in [-0.1, -0.05) is 29.8 Å². The quantitative estimate of drug-likeness (QED) is 0.793. The normalized spacial score (nSPS) is 18.9. The van der Waals surface area contributed by atoms with E-state index in [2.05, 4.69) is 36.1 Å². The van der Waals surface area contributed by atoms with E-state index < -0.39 is 0 Å². The first kappa shape index (κ1) is 15.5. The maximum atomic E-state index is 9.05. The molecule has 3 heteroatoms. The molecule has 1 aliphatic heterocycles. The van der Waals surface area contributed by atoms with Gasteiger partial charge in [-0.3, -0.25) is 4.90 Å². The molecular weight excluding hydrogens is 250 g/mol. The fourth-order valence-corrected chi connectivity index (χ4v) is 2.69. The predicted molar refractivity (Wildman–Crippen MR) is 81.7 cm³/mol. The van der Waals surface area contributed by atoms with Crippen molar-refractivity contribution in [3.05, 3.63) is 35.4 Å². The Bertz CT molecular complexity index is 371. The van der Waals surface area contributed by atoms with Crippen LogP contribution in [0.1, 0.15) is 30.4 Å². The van der Waals surface area contributed by atoms with E-state index in [1.165, 1.54) is 24.0 Å². The highest BCUT2D eigenvalue weighted by molar-refractivity contribution is 5.21. The van der Waals surface area contributed by atoms with Gasteiger partial charge in [0.15, 0.2) is 0 Å². The van der Waals surface area contributed by atoms with Crippen LogP contribution in [-0.4, -0.2) is 42.9 Å². The number of aliphatic hydroxyl groups excluding tert-OH is 1. The number of aliphatic hydroxyl groups is 1. The molecule has 0 radical (unpaired) electrons. The molecule has 3 nitrogen and oxygen atoms in total. The Morgan fingerprint density at radius 2 is 2.05 bits per heavy atom. The molecule has 0 bridgehead atoms. The molecular formula is C17H27NO2. The van der Waals surface area contributed by atoms with E-state index in [9.17, 15) is 0 Å². The van der Waals surface area contributed by atoms with E-state index in [0.29, 0.717) is 0 Å². The van der Waals surface area contributed by atoms with Gasteiger partial charge in [-0.25, -0.2) is 0 Å². The Hall–Kier alpha value is -0.900. The number of nitrogens with zero attached hydrogens (tertiary/aromatic N) is 1. The van der Waals surface area contributed by atoms with E-state index in [1.807, 2.05) is 0 Å². The predicted octanol–water partition coefficient (Wildman–Crippen LogP) is 2.61. The van der Waals surface area contributed by atoms with Gasteiger partial charge in [0.05, 0.1) is 0 Å². The number of benzene rings is 1. The van der Waals surface area contributed by atoms with Crippen molar-refractivity contribution in [2.45, 2.75) is 32.7 Å². The second kappa shape index (κ2) is 8.40. The van der Waals surface area contributed by atoms with Crippen LogP contribution in [-0.2, 0) is 11.3 Å². The van der Waals surface area contributed by atoms with Gasteiger partial charge in [-0.15, -0.1) is 0 Å². The molecule has 1 atom stereocenters. The summed E-state index contributed by atoms with van der Waals surface area (Å²) in [5.41, 5.74) is 2.66. The van der Waals surface area contributed by atoms with Crippen molar-refractivity contribution >= 4 is 0 Å². The topological polar surface area (TPSA) is 32.7 Å². The van der Waals surface area contributed by atoms with Crippen molar-refractivity contribution in [2.24, 2.45) is 5.92 Å². The highest BCUT2D eigenvalue weighted by Crippen LogP contribution is 2.17. The van der Waals surface area contributed by atoms with Gasteiger partial charge >= 0.3 is 0 Å². The minimum Gasteiger partial charge on any atom is -0.396 e. The van der Waals surface area contributed by atoms with E-state index in [1.54, 1.807) is 0 Å². The van der Waals surface area contributed by atoms with E-state index in [0.717, 1.165) is 45.2 Å². The van der Waals surface area contributed by atoms with Crippen molar-refractivity contribution in [2.75, 3.05) is 32.9 Å². The highest BCUT2D eigenvalue weighted by Gasteiger charge is 2.16. The van der Waals surface area contributed by atoms with Gasteiger partial charge in [0, 0.05) is 32.9 Å². The Morgan fingerprint density at radius 3 is 2.70 bits per heavy atom. The van der Waals surface area contributed by atoms with E-state index in [-0.39, 0.29) is 6.61 Å². The molecule has 0 aliphatic carbocycles. The Balaban J connectivity index is 1.83. The Morgan fingerprint density at radius 1 is 1.25 bits per heavy atom. The van der Waals surface area contributed by atoms with Crippen LogP contribution in [0.2, 0.25) is 0 Å². The molecule has 1 aromatic carbocycles. The molecule has 1 aliphatic rings. The summed E-state index contributed by atoms with van der Waals surface area (Å²) in [6, 6.07) is 8.76. The average molecular weight is 277 g/mol. The van der Waals surface area contributed by atoms with Crippen LogP contribution >= 0.6 is 0 Å². The molecule has 0 aromatic heterocycles. The highest BCUT2D eigenvalue weighted by atomic mass is 16.5. The minimum absolute atomic E-state index is 0.275. The number of hydrogen-bond acceptors (Lipinski definition) is 3. The van der Waals surface area contributed by atoms with Gasteiger partial charge in [0.25, 0.3) is 0 Å². The van der Waals surface area contributed by atoms with Crippen LogP contribution in [0.5, 0.6) is 0 Å². The van der Waals surface area contributed by atoms with Crippen molar-refractivity contribution in [3.8, 4) is 0 Å². The van der Waals surface area contributed by atoms with Crippen LogP contribution in [0, 0.1) is 12.8 Å². The Kier molecular flexibility index (Phi) is 6.51. The third-order valence-corrected chi connectivity index (χ3v) is 4.04.